The lowest BCUT2D eigenvalue weighted by atomic mass is 9.96. The van der Waals surface area contributed by atoms with Crippen LogP contribution in [0.2, 0.25) is 0 Å². The van der Waals surface area contributed by atoms with Crippen LogP contribution in [0.5, 0.6) is 5.75 Å². The van der Waals surface area contributed by atoms with E-state index in [0.717, 1.165) is 16.9 Å². The molecule has 0 aliphatic heterocycles. The highest BCUT2D eigenvalue weighted by Gasteiger charge is 2.13. The smallest absolute Gasteiger partial charge is 0.119 e. The van der Waals surface area contributed by atoms with Crippen LogP contribution in [0.1, 0.15) is 42.1 Å². The van der Waals surface area contributed by atoms with Crippen molar-refractivity contribution in [3.05, 3.63) is 64.7 Å². The van der Waals surface area contributed by atoms with E-state index >= 15 is 0 Å². The Kier molecular flexibility index (Phi) is 4.99. The molecule has 1 atom stereocenters. The van der Waals surface area contributed by atoms with Crippen molar-refractivity contribution in [1.82, 2.24) is 5.43 Å². The molecule has 2 aromatic carbocycles. The van der Waals surface area contributed by atoms with E-state index in [0.29, 0.717) is 0 Å². The van der Waals surface area contributed by atoms with Gasteiger partial charge in [0.05, 0.1) is 12.1 Å². The number of nitrogens with one attached hydrogen (secondary N) is 1. The van der Waals surface area contributed by atoms with Crippen LogP contribution >= 0.6 is 0 Å². The highest BCUT2D eigenvalue weighted by Crippen LogP contribution is 2.25. The van der Waals surface area contributed by atoms with Gasteiger partial charge in [0, 0.05) is 0 Å². The van der Waals surface area contributed by atoms with E-state index in [1.54, 1.807) is 0 Å². The zero-order valence-electron chi connectivity index (χ0n) is 13.2. The van der Waals surface area contributed by atoms with Gasteiger partial charge in [0.25, 0.3) is 0 Å². The summed E-state index contributed by atoms with van der Waals surface area (Å²) in [6.07, 6.45) is 0.180. The first-order chi connectivity index (χ1) is 10.0. The first-order valence-electron chi connectivity index (χ1n) is 7.31. The van der Waals surface area contributed by atoms with Crippen molar-refractivity contribution in [2.75, 3.05) is 0 Å². The zero-order chi connectivity index (χ0) is 15.4. The van der Waals surface area contributed by atoms with Crippen LogP contribution in [0.3, 0.4) is 0 Å². The fourth-order valence-corrected chi connectivity index (χ4v) is 2.34. The normalized spacial score (nSPS) is 12.5. The van der Waals surface area contributed by atoms with Crippen molar-refractivity contribution in [3.63, 3.8) is 0 Å². The summed E-state index contributed by atoms with van der Waals surface area (Å²) in [5, 5.41) is 0. The van der Waals surface area contributed by atoms with Gasteiger partial charge in [0.2, 0.25) is 0 Å². The predicted octanol–water partition coefficient (Wildman–Crippen LogP) is 3.64. The first kappa shape index (κ1) is 15.5. The van der Waals surface area contributed by atoms with Crippen molar-refractivity contribution < 1.29 is 4.74 Å². The molecule has 0 bridgehead atoms. The second-order valence-electron chi connectivity index (χ2n) is 5.68. The number of hydrogen-bond acceptors (Lipinski definition) is 3. The van der Waals surface area contributed by atoms with E-state index in [-0.39, 0.29) is 12.1 Å². The molecule has 0 aliphatic rings. The zero-order valence-corrected chi connectivity index (χ0v) is 13.2. The largest absolute Gasteiger partial charge is 0.491 e. The summed E-state index contributed by atoms with van der Waals surface area (Å²) in [6, 6.07) is 14.5. The number of aryl methyl sites for hydroxylation is 2. The van der Waals surface area contributed by atoms with Crippen molar-refractivity contribution in [2.45, 2.75) is 39.8 Å². The Morgan fingerprint density at radius 1 is 0.905 bits per heavy atom. The molecule has 0 spiro atoms. The van der Waals surface area contributed by atoms with E-state index < -0.39 is 0 Å². The predicted molar refractivity (Wildman–Crippen MR) is 87.3 cm³/mol. The lowest BCUT2D eigenvalue weighted by Gasteiger charge is -2.19. The summed E-state index contributed by atoms with van der Waals surface area (Å²) >= 11 is 0. The Morgan fingerprint density at radius 2 is 1.52 bits per heavy atom. The number of nitrogens with two attached hydrogens (primary N) is 1. The Hall–Kier alpha value is -1.84. The molecule has 3 nitrogen and oxygen atoms in total. The molecule has 0 fully saturated rings. The third-order valence-electron chi connectivity index (χ3n) is 3.62. The lowest BCUT2D eigenvalue weighted by molar-refractivity contribution is 0.242. The molecule has 0 saturated carbocycles. The summed E-state index contributed by atoms with van der Waals surface area (Å²) in [7, 11) is 0. The highest BCUT2D eigenvalue weighted by atomic mass is 16.5. The first-order valence-corrected chi connectivity index (χ1v) is 7.31. The monoisotopic (exact) mass is 284 g/mol. The molecule has 2 rings (SSSR count). The summed E-state index contributed by atoms with van der Waals surface area (Å²) < 4.78 is 5.67. The van der Waals surface area contributed by atoms with E-state index in [1.807, 2.05) is 26.0 Å². The molecule has 3 heteroatoms. The quantitative estimate of drug-likeness (QED) is 0.651. The molecule has 3 N–H and O–H groups in total. The maximum atomic E-state index is 5.76. The number of hydrogen-bond donors (Lipinski definition) is 2. The van der Waals surface area contributed by atoms with Gasteiger partial charge in [-0.1, -0.05) is 30.3 Å². The summed E-state index contributed by atoms with van der Waals surface area (Å²) in [5.74, 6) is 6.64. The maximum absolute atomic E-state index is 5.76. The molecule has 21 heavy (non-hydrogen) atoms. The van der Waals surface area contributed by atoms with Crippen molar-refractivity contribution >= 4 is 0 Å². The van der Waals surface area contributed by atoms with Crippen molar-refractivity contribution in [3.8, 4) is 5.75 Å². The van der Waals surface area contributed by atoms with Crippen LogP contribution < -0.4 is 16.0 Å². The lowest BCUT2D eigenvalue weighted by Crippen LogP contribution is -2.28. The van der Waals surface area contributed by atoms with Gasteiger partial charge in [-0.3, -0.25) is 5.84 Å². The van der Waals surface area contributed by atoms with Gasteiger partial charge in [-0.2, -0.15) is 0 Å². The van der Waals surface area contributed by atoms with Gasteiger partial charge in [-0.25, -0.2) is 5.43 Å². The highest BCUT2D eigenvalue weighted by molar-refractivity contribution is 5.38. The maximum Gasteiger partial charge on any atom is 0.119 e. The van der Waals surface area contributed by atoms with Crippen LogP contribution in [0, 0.1) is 13.8 Å². The van der Waals surface area contributed by atoms with Crippen molar-refractivity contribution in [2.24, 2.45) is 5.84 Å². The third-order valence-corrected chi connectivity index (χ3v) is 3.62. The summed E-state index contributed by atoms with van der Waals surface area (Å²) in [4.78, 5) is 0. The molecule has 0 saturated heterocycles. The van der Waals surface area contributed by atoms with E-state index in [4.69, 9.17) is 10.6 Å². The van der Waals surface area contributed by atoms with Gasteiger partial charge < -0.3 is 4.74 Å². The summed E-state index contributed by atoms with van der Waals surface area (Å²) in [5.41, 5.74) is 7.75. The van der Waals surface area contributed by atoms with Crippen LogP contribution in [0.25, 0.3) is 0 Å². The standard InChI is InChI=1S/C18H24N2O/c1-12(2)21-17-9-7-15(8-10-17)18(20-19)16-6-5-13(3)14(4)11-16/h5-12,18,20H,19H2,1-4H3. The third kappa shape index (κ3) is 3.84. The number of rotatable bonds is 5. The number of hydrazine groups is 1. The fraction of sp³-hybridized carbons (Fsp3) is 0.333. The molecular formula is C18H24N2O. The molecule has 0 radical (unpaired) electrons. The van der Waals surface area contributed by atoms with Gasteiger partial charge in [-0.05, 0) is 62.1 Å². The molecular weight excluding hydrogens is 260 g/mol. The average Bonchev–Trinajstić information content (AvgIpc) is 2.45. The second-order valence-corrected chi connectivity index (χ2v) is 5.68. The number of ether oxygens (including phenoxy) is 1. The average molecular weight is 284 g/mol. The van der Waals surface area contributed by atoms with Gasteiger partial charge >= 0.3 is 0 Å². The fourth-order valence-electron chi connectivity index (χ4n) is 2.34. The van der Waals surface area contributed by atoms with E-state index in [1.165, 1.54) is 11.1 Å². The Morgan fingerprint density at radius 3 is 2.05 bits per heavy atom. The van der Waals surface area contributed by atoms with Crippen LogP contribution in [-0.2, 0) is 0 Å². The minimum atomic E-state index is -0.0163. The van der Waals surface area contributed by atoms with Crippen LogP contribution in [0.15, 0.2) is 42.5 Å². The second kappa shape index (κ2) is 6.74. The summed E-state index contributed by atoms with van der Waals surface area (Å²) in [6.45, 7) is 8.27. The van der Waals surface area contributed by atoms with E-state index in [2.05, 4.69) is 49.6 Å². The Labute approximate surface area is 127 Å². The minimum absolute atomic E-state index is 0.0163. The number of benzene rings is 2. The van der Waals surface area contributed by atoms with Gasteiger partial charge in [-0.15, -0.1) is 0 Å². The van der Waals surface area contributed by atoms with Crippen molar-refractivity contribution in [1.29, 1.82) is 0 Å². The molecule has 0 aromatic heterocycles. The molecule has 2 aromatic rings. The topological polar surface area (TPSA) is 47.3 Å². The Balaban J connectivity index is 2.26. The van der Waals surface area contributed by atoms with Crippen LogP contribution in [-0.4, -0.2) is 6.10 Å². The van der Waals surface area contributed by atoms with Gasteiger partial charge in [0.15, 0.2) is 0 Å². The van der Waals surface area contributed by atoms with Crippen LogP contribution in [0.4, 0.5) is 0 Å². The molecule has 0 amide bonds. The minimum Gasteiger partial charge on any atom is -0.491 e. The molecule has 0 heterocycles. The van der Waals surface area contributed by atoms with Gasteiger partial charge in [0.1, 0.15) is 5.75 Å². The SMILES string of the molecule is Cc1ccc(C(NN)c2ccc(OC(C)C)cc2)cc1C. The molecule has 1 unspecified atom stereocenters. The Bertz CT molecular complexity index is 591. The van der Waals surface area contributed by atoms with E-state index in [9.17, 15) is 0 Å². The molecule has 0 aliphatic carbocycles. The molecule has 112 valence electrons.